The summed E-state index contributed by atoms with van der Waals surface area (Å²) >= 11 is 1.79. The van der Waals surface area contributed by atoms with Gasteiger partial charge in [-0.3, -0.25) is 0 Å². The van der Waals surface area contributed by atoms with Crippen molar-refractivity contribution in [1.82, 2.24) is 5.32 Å². The first-order valence-electron chi connectivity index (χ1n) is 6.97. The van der Waals surface area contributed by atoms with Crippen LogP contribution >= 0.6 is 11.3 Å². The third-order valence-corrected chi connectivity index (χ3v) is 4.78. The van der Waals surface area contributed by atoms with Gasteiger partial charge >= 0.3 is 0 Å². The number of hydrogen-bond donors (Lipinski definition) is 1. The standard InChI is InChI=1S/C17H19NOS/c1-4-12-8-9-20-17(12)15(18-3)14-10-13-7-5-6-11(2)16(13)19-14/h5-10,15,18H,4H2,1-3H3. The van der Waals surface area contributed by atoms with Crippen LogP contribution in [0.15, 0.2) is 40.1 Å². The lowest BCUT2D eigenvalue weighted by Gasteiger charge is -2.13. The van der Waals surface area contributed by atoms with Crippen LogP contribution in [-0.2, 0) is 6.42 Å². The quantitative estimate of drug-likeness (QED) is 0.753. The predicted molar refractivity (Wildman–Crippen MR) is 85.6 cm³/mol. The van der Waals surface area contributed by atoms with Crippen molar-refractivity contribution in [2.45, 2.75) is 26.3 Å². The Bertz CT molecular complexity index is 726. The topological polar surface area (TPSA) is 25.2 Å². The molecule has 2 heterocycles. The molecule has 0 radical (unpaired) electrons. The Kier molecular flexibility index (Phi) is 3.64. The van der Waals surface area contributed by atoms with Gasteiger partial charge in [-0.2, -0.15) is 0 Å². The molecule has 3 rings (SSSR count). The van der Waals surface area contributed by atoms with Gasteiger partial charge in [0.15, 0.2) is 0 Å². The zero-order valence-electron chi connectivity index (χ0n) is 12.1. The van der Waals surface area contributed by atoms with E-state index in [1.807, 2.05) is 7.05 Å². The van der Waals surface area contributed by atoms with E-state index < -0.39 is 0 Å². The zero-order chi connectivity index (χ0) is 14.1. The molecule has 2 aromatic heterocycles. The fourth-order valence-electron chi connectivity index (χ4n) is 2.67. The second kappa shape index (κ2) is 5.43. The second-order valence-corrected chi connectivity index (χ2v) is 5.98. The maximum atomic E-state index is 6.12. The molecule has 0 saturated heterocycles. The first-order valence-corrected chi connectivity index (χ1v) is 7.85. The molecule has 2 nitrogen and oxygen atoms in total. The minimum absolute atomic E-state index is 0.136. The van der Waals surface area contributed by atoms with Crippen molar-refractivity contribution >= 4 is 22.3 Å². The molecular weight excluding hydrogens is 266 g/mol. The van der Waals surface area contributed by atoms with Crippen molar-refractivity contribution in [3.05, 3.63) is 57.5 Å². The Hall–Kier alpha value is -1.58. The largest absolute Gasteiger partial charge is 0.459 e. The highest BCUT2D eigenvalue weighted by Gasteiger charge is 2.20. The number of benzene rings is 1. The van der Waals surface area contributed by atoms with Crippen LogP contribution in [0.1, 0.15) is 34.7 Å². The van der Waals surface area contributed by atoms with E-state index in [9.17, 15) is 0 Å². The summed E-state index contributed by atoms with van der Waals surface area (Å²) in [7, 11) is 1.99. The van der Waals surface area contributed by atoms with Gasteiger partial charge in [0.25, 0.3) is 0 Å². The molecule has 0 fully saturated rings. The first-order chi connectivity index (χ1) is 9.74. The summed E-state index contributed by atoms with van der Waals surface area (Å²) in [6, 6.07) is 10.8. The van der Waals surface area contributed by atoms with Gasteiger partial charge < -0.3 is 9.73 Å². The minimum Gasteiger partial charge on any atom is -0.459 e. The molecule has 0 aliphatic heterocycles. The molecule has 1 atom stereocenters. The van der Waals surface area contributed by atoms with E-state index in [0.717, 1.165) is 17.8 Å². The highest BCUT2D eigenvalue weighted by atomic mass is 32.1. The lowest BCUT2D eigenvalue weighted by atomic mass is 10.1. The van der Waals surface area contributed by atoms with Crippen LogP contribution in [0.25, 0.3) is 11.0 Å². The van der Waals surface area contributed by atoms with Gasteiger partial charge in [0.05, 0.1) is 0 Å². The number of furan rings is 1. The number of fused-ring (bicyclic) bond motifs is 1. The SMILES string of the molecule is CCc1ccsc1C(NC)c1cc2cccc(C)c2o1. The average Bonchev–Trinajstić information content (AvgIpc) is 3.07. The number of aryl methyl sites for hydroxylation is 2. The number of nitrogens with one attached hydrogen (secondary N) is 1. The summed E-state index contributed by atoms with van der Waals surface area (Å²) in [5.74, 6) is 0.994. The molecule has 1 unspecified atom stereocenters. The average molecular weight is 285 g/mol. The Morgan fingerprint density at radius 3 is 2.85 bits per heavy atom. The molecule has 1 aromatic carbocycles. The number of para-hydroxylation sites is 1. The fraction of sp³-hybridized carbons (Fsp3) is 0.294. The van der Waals surface area contributed by atoms with E-state index in [1.165, 1.54) is 21.4 Å². The van der Waals surface area contributed by atoms with Crippen LogP contribution in [0, 0.1) is 6.92 Å². The van der Waals surface area contributed by atoms with Crippen LogP contribution in [0.3, 0.4) is 0 Å². The molecule has 0 aliphatic carbocycles. The van der Waals surface area contributed by atoms with E-state index >= 15 is 0 Å². The Morgan fingerprint density at radius 2 is 2.15 bits per heavy atom. The Morgan fingerprint density at radius 1 is 1.30 bits per heavy atom. The van der Waals surface area contributed by atoms with Crippen molar-refractivity contribution in [3.63, 3.8) is 0 Å². The molecule has 0 amide bonds. The predicted octanol–water partition coefficient (Wildman–Crippen LogP) is 4.67. The molecule has 0 saturated carbocycles. The van der Waals surface area contributed by atoms with Crippen LogP contribution in [0.5, 0.6) is 0 Å². The molecule has 0 aliphatic rings. The smallest absolute Gasteiger partial charge is 0.137 e. The fourth-order valence-corrected chi connectivity index (χ4v) is 3.78. The number of thiophene rings is 1. The number of hydrogen-bond acceptors (Lipinski definition) is 3. The zero-order valence-corrected chi connectivity index (χ0v) is 12.9. The van der Waals surface area contributed by atoms with Gasteiger partial charge in [0.2, 0.25) is 0 Å². The van der Waals surface area contributed by atoms with Crippen molar-refractivity contribution in [3.8, 4) is 0 Å². The van der Waals surface area contributed by atoms with E-state index in [0.29, 0.717) is 0 Å². The lowest BCUT2D eigenvalue weighted by Crippen LogP contribution is -2.16. The molecule has 3 aromatic rings. The third-order valence-electron chi connectivity index (χ3n) is 3.76. The van der Waals surface area contributed by atoms with Gasteiger partial charge in [-0.25, -0.2) is 0 Å². The monoisotopic (exact) mass is 285 g/mol. The van der Waals surface area contributed by atoms with Crippen molar-refractivity contribution < 1.29 is 4.42 Å². The summed E-state index contributed by atoms with van der Waals surface area (Å²) in [6.07, 6.45) is 1.05. The van der Waals surface area contributed by atoms with Gasteiger partial charge in [-0.15, -0.1) is 11.3 Å². The highest BCUT2D eigenvalue weighted by molar-refractivity contribution is 7.10. The molecule has 3 heteroatoms. The maximum Gasteiger partial charge on any atom is 0.137 e. The third kappa shape index (κ3) is 2.17. The molecule has 0 bridgehead atoms. The maximum absolute atomic E-state index is 6.12. The van der Waals surface area contributed by atoms with Crippen LogP contribution < -0.4 is 5.32 Å². The van der Waals surface area contributed by atoms with Crippen molar-refractivity contribution in [1.29, 1.82) is 0 Å². The van der Waals surface area contributed by atoms with Gasteiger partial charge in [-0.05, 0) is 49.0 Å². The number of rotatable bonds is 4. The Balaban J connectivity index is 2.10. The molecule has 0 spiro atoms. The summed E-state index contributed by atoms with van der Waals surface area (Å²) < 4.78 is 6.12. The lowest BCUT2D eigenvalue weighted by molar-refractivity contribution is 0.493. The van der Waals surface area contributed by atoms with Crippen molar-refractivity contribution in [2.75, 3.05) is 7.05 Å². The van der Waals surface area contributed by atoms with Crippen LogP contribution in [-0.4, -0.2) is 7.05 Å². The van der Waals surface area contributed by atoms with E-state index in [4.69, 9.17) is 4.42 Å². The van der Waals surface area contributed by atoms with Gasteiger partial charge in [0.1, 0.15) is 17.4 Å². The van der Waals surface area contributed by atoms with Gasteiger partial charge in [-0.1, -0.05) is 25.1 Å². The molecular formula is C17H19NOS. The summed E-state index contributed by atoms with van der Waals surface area (Å²) in [6.45, 7) is 4.29. The first kappa shape index (κ1) is 13.4. The second-order valence-electron chi connectivity index (χ2n) is 5.03. The summed E-state index contributed by atoms with van der Waals surface area (Å²) in [5.41, 5.74) is 3.58. The molecule has 20 heavy (non-hydrogen) atoms. The normalized spacial score (nSPS) is 12.9. The van der Waals surface area contributed by atoms with E-state index in [2.05, 4.69) is 54.9 Å². The van der Waals surface area contributed by atoms with Crippen molar-refractivity contribution in [2.24, 2.45) is 0 Å². The summed E-state index contributed by atoms with van der Waals surface area (Å²) in [4.78, 5) is 1.35. The minimum atomic E-state index is 0.136. The van der Waals surface area contributed by atoms with E-state index in [-0.39, 0.29) is 6.04 Å². The summed E-state index contributed by atoms with van der Waals surface area (Å²) in [5, 5.41) is 6.73. The van der Waals surface area contributed by atoms with Crippen LogP contribution in [0.4, 0.5) is 0 Å². The van der Waals surface area contributed by atoms with Crippen LogP contribution in [0.2, 0.25) is 0 Å². The highest BCUT2D eigenvalue weighted by Crippen LogP contribution is 2.33. The van der Waals surface area contributed by atoms with Gasteiger partial charge in [0, 0.05) is 10.3 Å². The Labute approximate surface area is 123 Å². The molecule has 104 valence electrons. The molecule has 1 N–H and O–H groups in total. The van der Waals surface area contributed by atoms with E-state index in [1.54, 1.807) is 11.3 Å².